The SMILES string of the molecule is [C-]#[N+]c1cc(NC(=O)c2c(C)c(C(=O)C(=O)CC3(C4=NCC=C4)COC3)c(C)n2C)ccc1F. The molecular formula is C25H23FN4O4. The fraction of sp³-hybridized carbons (Fsp3) is 0.320. The third-order valence-electron chi connectivity index (χ3n) is 6.39. The summed E-state index contributed by atoms with van der Waals surface area (Å²) in [5.41, 5.74) is 1.48. The topological polar surface area (TPSA) is 94.1 Å². The van der Waals surface area contributed by atoms with Crippen molar-refractivity contribution in [1.29, 1.82) is 0 Å². The molecule has 2 aliphatic heterocycles. The summed E-state index contributed by atoms with van der Waals surface area (Å²) in [6.07, 6.45) is 3.76. The molecule has 9 heteroatoms. The Labute approximate surface area is 195 Å². The lowest BCUT2D eigenvalue weighted by molar-refractivity contribution is -0.124. The van der Waals surface area contributed by atoms with Gasteiger partial charge in [-0.25, -0.2) is 9.24 Å². The largest absolute Gasteiger partial charge is 0.379 e. The number of ketones is 2. The van der Waals surface area contributed by atoms with Crippen LogP contribution in [0.25, 0.3) is 4.85 Å². The Bertz CT molecular complexity index is 1330. The molecule has 174 valence electrons. The molecule has 1 aromatic heterocycles. The van der Waals surface area contributed by atoms with Crippen molar-refractivity contribution >= 4 is 34.6 Å². The van der Waals surface area contributed by atoms with Crippen LogP contribution in [0.5, 0.6) is 0 Å². The van der Waals surface area contributed by atoms with E-state index in [0.717, 1.165) is 11.8 Å². The van der Waals surface area contributed by atoms with Crippen molar-refractivity contribution in [1.82, 2.24) is 4.57 Å². The second-order valence-corrected chi connectivity index (χ2v) is 8.56. The lowest BCUT2D eigenvalue weighted by atomic mass is 9.75. The van der Waals surface area contributed by atoms with Crippen LogP contribution in [0.4, 0.5) is 15.8 Å². The smallest absolute Gasteiger partial charge is 0.272 e. The second-order valence-electron chi connectivity index (χ2n) is 8.56. The van der Waals surface area contributed by atoms with Gasteiger partial charge in [0.25, 0.3) is 5.91 Å². The van der Waals surface area contributed by atoms with Gasteiger partial charge in [0.2, 0.25) is 17.3 Å². The van der Waals surface area contributed by atoms with Crippen LogP contribution in [-0.2, 0) is 16.6 Å². The number of carbonyl (C=O) groups is 3. The summed E-state index contributed by atoms with van der Waals surface area (Å²) in [4.78, 5) is 46.8. The maximum Gasteiger partial charge on any atom is 0.272 e. The van der Waals surface area contributed by atoms with E-state index in [9.17, 15) is 18.8 Å². The first-order valence-corrected chi connectivity index (χ1v) is 10.7. The van der Waals surface area contributed by atoms with Crippen LogP contribution >= 0.6 is 0 Å². The van der Waals surface area contributed by atoms with Crippen LogP contribution in [0, 0.1) is 31.7 Å². The molecule has 0 spiro atoms. The molecule has 1 N–H and O–H groups in total. The predicted octanol–water partition coefficient (Wildman–Crippen LogP) is 3.75. The summed E-state index contributed by atoms with van der Waals surface area (Å²) >= 11 is 0. The van der Waals surface area contributed by atoms with Crippen molar-refractivity contribution in [2.24, 2.45) is 17.5 Å². The molecule has 0 saturated carbocycles. The molecule has 8 nitrogen and oxygen atoms in total. The number of carbonyl (C=O) groups excluding carboxylic acids is 3. The van der Waals surface area contributed by atoms with Crippen LogP contribution in [0.3, 0.4) is 0 Å². The number of rotatable bonds is 7. The maximum absolute atomic E-state index is 13.6. The molecule has 3 heterocycles. The highest BCUT2D eigenvalue weighted by molar-refractivity contribution is 6.45. The normalized spacial score (nSPS) is 15.9. The van der Waals surface area contributed by atoms with Gasteiger partial charge < -0.3 is 14.6 Å². The van der Waals surface area contributed by atoms with E-state index < -0.39 is 28.7 Å². The van der Waals surface area contributed by atoms with Crippen molar-refractivity contribution in [2.45, 2.75) is 20.3 Å². The minimum absolute atomic E-state index is 0.0146. The van der Waals surface area contributed by atoms with Gasteiger partial charge in [-0.05, 0) is 43.7 Å². The van der Waals surface area contributed by atoms with Gasteiger partial charge in [0.15, 0.2) is 0 Å². The Morgan fingerprint density at radius 2 is 2.03 bits per heavy atom. The first kappa shape index (κ1) is 23.3. The zero-order valence-corrected chi connectivity index (χ0v) is 19.1. The van der Waals surface area contributed by atoms with Crippen LogP contribution in [0.15, 0.2) is 35.3 Å². The number of nitrogens with zero attached hydrogens (tertiary/aromatic N) is 3. The molecule has 1 fully saturated rings. The Kier molecular flexibility index (Phi) is 6.02. The molecule has 1 saturated heterocycles. The van der Waals surface area contributed by atoms with Crippen LogP contribution < -0.4 is 5.32 Å². The Balaban J connectivity index is 1.59. The average molecular weight is 462 g/mol. The highest BCUT2D eigenvalue weighted by atomic mass is 19.1. The summed E-state index contributed by atoms with van der Waals surface area (Å²) in [5, 5.41) is 2.64. The van der Waals surface area contributed by atoms with E-state index in [0.29, 0.717) is 31.0 Å². The lowest BCUT2D eigenvalue weighted by Crippen LogP contribution is -2.50. The number of Topliss-reactive ketones (excluding diaryl/α,β-unsaturated/α-hetero) is 2. The summed E-state index contributed by atoms with van der Waals surface area (Å²) in [5.74, 6) is -2.43. The summed E-state index contributed by atoms with van der Waals surface area (Å²) in [7, 11) is 1.63. The first-order chi connectivity index (χ1) is 16.2. The average Bonchev–Trinajstić information content (AvgIpc) is 3.39. The van der Waals surface area contributed by atoms with Gasteiger partial charge in [-0.2, -0.15) is 0 Å². The lowest BCUT2D eigenvalue weighted by Gasteiger charge is -2.40. The number of aliphatic imine (C=N–C) groups is 1. The van der Waals surface area contributed by atoms with Gasteiger partial charge in [0.05, 0.1) is 37.3 Å². The quantitative estimate of drug-likeness (QED) is 0.385. The van der Waals surface area contributed by atoms with Crippen molar-refractivity contribution in [3.63, 3.8) is 0 Å². The van der Waals surface area contributed by atoms with Crippen molar-refractivity contribution in [3.8, 4) is 0 Å². The van der Waals surface area contributed by atoms with E-state index in [1.807, 2.05) is 12.2 Å². The van der Waals surface area contributed by atoms with Crippen molar-refractivity contribution in [3.05, 3.63) is 70.1 Å². The van der Waals surface area contributed by atoms with E-state index in [1.165, 1.54) is 12.1 Å². The minimum Gasteiger partial charge on any atom is -0.379 e. The van der Waals surface area contributed by atoms with Gasteiger partial charge in [0.1, 0.15) is 11.5 Å². The summed E-state index contributed by atoms with van der Waals surface area (Å²) in [6, 6.07) is 3.69. The molecule has 1 aromatic carbocycles. The Hall–Kier alpha value is -3.90. The Morgan fingerprint density at radius 3 is 2.62 bits per heavy atom. The van der Waals surface area contributed by atoms with E-state index >= 15 is 0 Å². The number of benzene rings is 1. The highest BCUT2D eigenvalue weighted by Crippen LogP contribution is 2.36. The molecule has 0 aliphatic carbocycles. The zero-order chi connectivity index (χ0) is 24.6. The number of anilines is 1. The number of nitrogens with one attached hydrogen (secondary N) is 1. The van der Waals surface area contributed by atoms with Crippen LogP contribution in [0.2, 0.25) is 0 Å². The van der Waals surface area contributed by atoms with Crippen LogP contribution in [0.1, 0.15) is 38.5 Å². The van der Waals surface area contributed by atoms with E-state index in [4.69, 9.17) is 11.3 Å². The number of aromatic nitrogens is 1. The third kappa shape index (κ3) is 3.86. The first-order valence-electron chi connectivity index (χ1n) is 10.7. The highest BCUT2D eigenvalue weighted by Gasteiger charge is 2.46. The van der Waals surface area contributed by atoms with Gasteiger partial charge in [-0.15, -0.1) is 0 Å². The molecule has 0 bridgehead atoms. The third-order valence-corrected chi connectivity index (χ3v) is 6.39. The fourth-order valence-electron chi connectivity index (χ4n) is 4.43. The number of halogens is 1. The number of amides is 1. The number of hydrogen-bond acceptors (Lipinski definition) is 5. The molecule has 1 amide bonds. The number of hydrogen-bond donors (Lipinski definition) is 1. The second kappa shape index (κ2) is 8.80. The van der Waals surface area contributed by atoms with Gasteiger partial charge in [-0.3, -0.25) is 19.4 Å². The molecule has 4 rings (SSSR count). The summed E-state index contributed by atoms with van der Waals surface area (Å²) < 4.78 is 20.5. The summed E-state index contributed by atoms with van der Waals surface area (Å²) in [6.45, 7) is 11.5. The van der Waals surface area contributed by atoms with E-state index in [1.54, 1.807) is 25.5 Å². The monoisotopic (exact) mass is 462 g/mol. The van der Waals surface area contributed by atoms with E-state index in [-0.39, 0.29) is 29.1 Å². The molecule has 2 aliphatic rings. The fourth-order valence-corrected chi connectivity index (χ4v) is 4.43. The molecular weight excluding hydrogens is 439 g/mol. The van der Waals surface area contributed by atoms with E-state index in [2.05, 4.69) is 15.2 Å². The van der Waals surface area contributed by atoms with Gasteiger partial charge in [-0.1, -0.05) is 6.08 Å². The number of ether oxygens (including phenoxy) is 1. The van der Waals surface area contributed by atoms with Gasteiger partial charge in [0, 0.05) is 30.6 Å². The molecule has 0 radical (unpaired) electrons. The Morgan fingerprint density at radius 1 is 1.29 bits per heavy atom. The van der Waals surface area contributed by atoms with Crippen LogP contribution in [-0.4, -0.2) is 47.5 Å². The maximum atomic E-state index is 13.6. The standard InChI is InChI=1S/C25H23FN4O4/c1-14-21(23(32)19(31)11-25(12-34-13-25)20-6-5-9-28-20)15(2)30(4)22(14)24(33)29-16-7-8-17(26)18(10-16)27-3/h5-8,10H,9,11-13H2,1-2,4H3,(H,29,33). The van der Waals surface area contributed by atoms with Crippen molar-refractivity contribution < 1.29 is 23.5 Å². The predicted molar refractivity (Wildman–Crippen MR) is 124 cm³/mol. The van der Waals surface area contributed by atoms with Crippen molar-refractivity contribution in [2.75, 3.05) is 25.1 Å². The minimum atomic E-state index is -0.682. The number of allylic oxidation sites excluding steroid dienone is 1. The molecule has 2 aromatic rings. The molecule has 34 heavy (non-hydrogen) atoms. The van der Waals surface area contributed by atoms with Gasteiger partial charge >= 0.3 is 0 Å². The molecule has 0 atom stereocenters. The molecule has 0 unspecified atom stereocenters. The zero-order valence-electron chi connectivity index (χ0n) is 19.1.